The molecule has 0 heterocycles. The van der Waals surface area contributed by atoms with Crippen LogP contribution in [0.25, 0.3) is 5.57 Å². The zero-order chi connectivity index (χ0) is 14.1. The molecular weight excluding hydrogens is 238 g/mol. The lowest BCUT2D eigenvalue weighted by Crippen LogP contribution is -2.16. The van der Waals surface area contributed by atoms with E-state index in [0.29, 0.717) is 24.8 Å². The Morgan fingerprint density at radius 1 is 1.16 bits per heavy atom. The van der Waals surface area contributed by atoms with E-state index < -0.39 is 0 Å². The fraction of sp³-hybridized carbons (Fsp3) is 0.267. The van der Waals surface area contributed by atoms with Gasteiger partial charge in [0.25, 0.3) is 0 Å². The molecule has 0 aliphatic carbocycles. The first kappa shape index (κ1) is 14.5. The van der Waals surface area contributed by atoms with Crippen LogP contribution in [-0.4, -0.2) is 13.0 Å². The van der Waals surface area contributed by atoms with Gasteiger partial charge in [-0.3, -0.25) is 4.79 Å². The molecule has 0 saturated carbocycles. The van der Waals surface area contributed by atoms with Gasteiger partial charge >= 0.3 is 0 Å². The summed E-state index contributed by atoms with van der Waals surface area (Å²) in [6.45, 7) is 0. The topological polar surface area (TPSA) is 76.7 Å². The minimum atomic E-state index is -0.0390. The third-order valence-corrected chi connectivity index (χ3v) is 2.76. The van der Waals surface area contributed by atoms with E-state index in [4.69, 9.17) is 10.5 Å². The van der Waals surface area contributed by atoms with E-state index in [1.165, 1.54) is 0 Å². The third-order valence-electron chi connectivity index (χ3n) is 2.76. The highest BCUT2D eigenvalue weighted by Gasteiger charge is 2.09. The molecule has 0 fully saturated rings. The Hall–Kier alpha value is -2.59. The molecule has 0 saturated heterocycles. The molecular formula is C15H15N3O. The fourth-order valence-corrected chi connectivity index (χ4v) is 1.76. The summed E-state index contributed by atoms with van der Waals surface area (Å²) in [4.78, 5) is 11.2. The second-order valence-corrected chi connectivity index (χ2v) is 3.97. The predicted molar refractivity (Wildman–Crippen MR) is 72.5 cm³/mol. The number of hydrogen-bond donors (Lipinski definition) is 1. The molecule has 0 unspecified atom stereocenters. The Bertz CT molecular complexity index is 531. The van der Waals surface area contributed by atoms with Crippen LogP contribution in [-0.2, 0) is 4.79 Å². The number of allylic oxidation sites excluding steroid dienone is 2. The van der Waals surface area contributed by atoms with Crippen LogP contribution in [0.15, 0.2) is 35.9 Å². The average Bonchev–Trinajstić information content (AvgIpc) is 2.47. The number of nitriles is 2. The zero-order valence-corrected chi connectivity index (χ0v) is 10.8. The molecule has 1 N–H and O–H groups in total. The highest BCUT2D eigenvalue weighted by atomic mass is 16.1. The number of carbonyl (C=O) groups excluding carboxylic acids is 1. The van der Waals surface area contributed by atoms with Crippen molar-refractivity contribution in [3.05, 3.63) is 41.5 Å². The molecule has 1 aromatic rings. The molecule has 0 aliphatic heterocycles. The molecule has 0 spiro atoms. The fourth-order valence-electron chi connectivity index (χ4n) is 1.76. The van der Waals surface area contributed by atoms with Crippen molar-refractivity contribution >= 4 is 11.5 Å². The zero-order valence-electron chi connectivity index (χ0n) is 10.8. The van der Waals surface area contributed by atoms with Gasteiger partial charge in [-0.15, -0.1) is 0 Å². The van der Waals surface area contributed by atoms with Crippen molar-refractivity contribution < 1.29 is 4.79 Å². The predicted octanol–water partition coefficient (Wildman–Crippen LogP) is 2.40. The molecule has 1 rings (SSSR count). The molecule has 19 heavy (non-hydrogen) atoms. The van der Waals surface area contributed by atoms with Crippen molar-refractivity contribution in [2.24, 2.45) is 0 Å². The smallest absolute Gasteiger partial charge is 0.219 e. The summed E-state index contributed by atoms with van der Waals surface area (Å²) in [5.41, 5.74) is 1.68. The van der Waals surface area contributed by atoms with E-state index in [-0.39, 0.29) is 11.5 Å². The standard InChI is InChI=1S/C15H15N3O/c1-18-15(19)9-5-8-14(13(10-16)11-17)12-6-3-2-4-7-12/h2-4,6-7H,5,8-9H2,1H3,(H,18,19). The first-order valence-corrected chi connectivity index (χ1v) is 6.02. The molecule has 1 aromatic carbocycles. The average molecular weight is 253 g/mol. The first-order chi connectivity index (χ1) is 9.22. The number of benzene rings is 1. The van der Waals surface area contributed by atoms with Crippen molar-refractivity contribution in [3.63, 3.8) is 0 Å². The van der Waals surface area contributed by atoms with Crippen LogP contribution >= 0.6 is 0 Å². The van der Waals surface area contributed by atoms with Crippen molar-refractivity contribution in [3.8, 4) is 12.1 Å². The number of carbonyl (C=O) groups is 1. The monoisotopic (exact) mass is 253 g/mol. The largest absolute Gasteiger partial charge is 0.359 e. The molecule has 4 heteroatoms. The van der Waals surface area contributed by atoms with Crippen LogP contribution in [0.3, 0.4) is 0 Å². The summed E-state index contributed by atoms with van der Waals surface area (Å²) < 4.78 is 0. The number of nitrogens with one attached hydrogen (secondary N) is 1. The second kappa shape index (κ2) is 7.68. The van der Waals surface area contributed by atoms with Crippen LogP contribution in [0.5, 0.6) is 0 Å². The van der Waals surface area contributed by atoms with E-state index in [1.54, 1.807) is 7.05 Å². The number of nitrogens with zero attached hydrogens (tertiary/aromatic N) is 2. The van der Waals surface area contributed by atoms with Crippen molar-refractivity contribution in [1.29, 1.82) is 10.5 Å². The highest BCUT2D eigenvalue weighted by molar-refractivity contribution is 5.77. The lowest BCUT2D eigenvalue weighted by molar-refractivity contribution is -0.120. The van der Waals surface area contributed by atoms with Gasteiger partial charge in [0.05, 0.1) is 0 Å². The Morgan fingerprint density at radius 3 is 2.32 bits per heavy atom. The van der Waals surface area contributed by atoms with Crippen molar-refractivity contribution in [2.45, 2.75) is 19.3 Å². The molecule has 0 bridgehead atoms. The molecule has 0 radical (unpaired) electrons. The van der Waals surface area contributed by atoms with Crippen LogP contribution in [0.2, 0.25) is 0 Å². The normalized spacial score (nSPS) is 9.00. The number of amides is 1. The maximum Gasteiger partial charge on any atom is 0.219 e. The maximum absolute atomic E-state index is 11.2. The first-order valence-electron chi connectivity index (χ1n) is 6.02. The van der Waals surface area contributed by atoms with Gasteiger partial charge < -0.3 is 5.32 Å². The van der Waals surface area contributed by atoms with Gasteiger partial charge in [0.15, 0.2) is 0 Å². The minimum absolute atomic E-state index is 0.0390. The van der Waals surface area contributed by atoms with E-state index in [2.05, 4.69) is 5.32 Å². The summed E-state index contributed by atoms with van der Waals surface area (Å²) in [7, 11) is 1.59. The second-order valence-electron chi connectivity index (χ2n) is 3.97. The van der Waals surface area contributed by atoms with Crippen molar-refractivity contribution in [2.75, 3.05) is 7.05 Å². The molecule has 0 atom stereocenters. The molecule has 0 aliphatic rings. The quantitative estimate of drug-likeness (QED) is 0.818. The summed E-state index contributed by atoms with van der Waals surface area (Å²) in [6.07, 6.45) is 1.53. The summed E-state index contributed by atoms with van der Waals surface area (Å²) in [6, 6.07) is 13.2. The molecule has 1 amide bonds. The molecule has 96 valence electrons. The van der Waals surface area contributed by atoms with E-state index >= 15 is 0 Å². The Labute approximate surface area is 113 Å². The summed E-state index contributed by atoms with van der Waals surface area (Å²) in [5, 5.41) is 20.6. The SMILES string of the molecule is CNC(=O)CCCC(=C(C#N)C#N)c1ccccc1. The van der Waals surface area contributed by atoms with E-state index in [1.807, 2.05) is 42.5 Å². The van der Waals surface area contributed by atoms with Gasteiger partial charge in [-0.1, -0.05) is 30.3 Å². The van der Waals surface area contributed by atoms with Crippen LogP contribution < -0.4 is 5.32 Å². The maximum atomic E-state index is 11.2. The summed E-state index contributed by atoms with van der Waals surface area (Å²) >= 11 is 0. The Morgan fingerprint density at radius 2 is 1.79 bits per heavy atom. The van der Waals surface area contributed by atoms with Crippen LogP contribution in [0, 0.1) is 22.7 Å². The van der Waals surface area contributed by atoms with Crippen molar-refractivity contribution in [1.82, 2.24) is 5.32 Å². The van der Waals surface area contributed by atoms with Gasteiger partial charge in [-0.2, -0.15) is 10.5 Å². The number of hydrogen-bond acceptors (Lipinski definition) is 3. The van der Waals surface area contributed by atoms with Gasteiger partial charge in [-0.05, 0) is 24.0 Å². The minimum Gasteiger partial charge on any atom is -0.359 e. The van der Waals surface area contributed by atoms with E-state index in [9.17, 15) is 4.79 Å². The van der Waals surface area contributed by atoms with Gasteiger partial charge in [-0.25, -0.2) is 0 Å². The summed E-state index contributed by atoms with van der Waals surface area (Å²) in [5.74, 6) is -0.0390. The van der Waals surface area contributed by atoms with Gasteiger partial charge in [0.1, 0.15) is 17.7 Å². The molecule has 4 nitrogen and oxygen atoms in total. The van der Waals surface area contributed by atoms with Gasteiger partial charge in [0, 0.05) is 13.5 Å². The molecule has 0 aromatic heterocycles. The van der Waals surface area contributed by atoms with Crippen LogP contribution in [0.4, 0.5) is 0 Å². The van der Waals surface area contributed by atoms with Gasteiger partial charge in [0.2, 0.25) is 5.91 Å². The van der Waals surface area contributed by atoms with Crippen LogP contribution in [0.1, 0.15) is 24.8 Å². The Kier molecular flexibility index (Phi) is 5.85. The lowest BCUT2D eigenvalue weighted by atomic mass is 9.96. The third kappa shape index (κ3) is 4.29. The highest BCUT2D eigenvalue weighted by Crippen LogP contribution is 2.24. The Balaban J connectivity index is 2.91. The van der Waals surface area contributed by atoms with E-state index in [0.717, 1.165) is 5.56 Å². The number of rotatable bonds is 5. The lowest BCUT2D eigenvalue weighted by Gasteiger charge is -2.07.